The fraction of sp³-hybridized carbons (Fsp3) is 0.500. The molecule has 1 aromatic rings. The van der Waals surface area contributed by atoms with E-state index in [9.17, 15) is 9.90 Å². The van der Waals surface area contributed by atoms with Crippen LogP contribution < -0.4 is 0 Å². The maximum atomic E-state index is 10.9. The summed E-state index contributed by atoms with van der Waals surface area (Å²) in [4.78, 5) is 17.0. The van der Waals surface area contributed by atoms with E-state index in [0.29, 0.717) is 13.1 Å². The minimum atomic E-state index is -0.712. The van der Waals surface area contributed by atoms with Gasteiger partial charge in [-0.2, -0.15) is 0 Å². The van der Waals surface area contributed by atoms with E-state index in [2.05, 4.69) is 9.72 Å². The van der Waals surface area contributed by atoms with Crippen molar-refractivity contribution in [1.29, 1.82) is 0 Å². The van der Waals surface area contributed by atoms with Crippen LogP contribution in [0, 0.1) is 0 Å². The number of aromatic nitrogens is 1. The maximum Gasteiger partial charge on any atom is 0.308 e. The highest BCUT2D eigenvalue weighted by atomic mass is 16.5. The normalized spacial score (nSPS) is 12.5. The fourth-order valence-corrected chi connectivity index (χ4v) is 1.53. The number of aliphatic hydroxyl groups is 1. The summed E-state index contributed by atoms with van der Waals surface area (Å²) in [5, 5.41) is 9.64. The number of hydrogen-bond acceptors (Lipinski definition) is 5. The lowest BCUT2D eigenvalue weighted by Gasteiger charge is -2.19. The lowest BCUT2D eigenvalue weighted by atomic mass is 10.2. The second-order valence-corrected chi connectivity index (χ2v) is 3.95. The summed E-state index contributed by atoms with van der Waals surface area (Å²) in [7, 11) is 3.18. The van der Waals surface area contributed by atoms with Gasteiger partial charge in [0.25, 0.3) is 0 Å². The molecule has 1 N–H and O–H groups in total. The third kappa shape index (κ3) is 5.42. The van der Waals surface area contributed by atoms with Crippen LogP contribution in [0.1, 0.15) is 12.1 Å². The van der Waals surface area contributed by atoms with Gasteiger partial charge >= 0.3 is 5.97 Å². The first-order valence-electron chi connectivity index (χ1n) is 5.45. The van der Waals surface area contributed by atoms with Gasteiger partial charge in [0.15, 0.2) is 0 Å². The molecular weight excluding hydrogens is 220 g/mol. The third-order valence-electron chi connectivity index (χ3n) is 2.31. The van der Waals surface area contributed by atoms with Crippen molar-refractivity contribution >= 4 is 5.97 Å². The molecule has 1 aromatic heterocycles. The Bertz CT molecular complexity index is 343. The Hall–Kier alpha value is -1.46. The van der Waals surface area contributed by atoms with Crippen LogP contribution in [0.25, 0.3) is 0 Å². The second-order valence-electron chi connectivity index (χ2n) is 3.95. The van der Waals surface area contributed by atoms with Gasteiger partial charge in [-0.05, 0) is 19.2 Å². The van der Waals surface area contributed by atoms with Crippen LogP contribution in [0.5, 0.6) is 0 Å². The van der Waals surface area contributed by atoms with E-state index in [1.165, 1.54) is 7.11 Å². The maximum absolute atomic E-state index is 10.9. The highest BCUT2D eigenvalue weighted by Gasteiger charge is 2.13. The summed E-state index contributed by atoms with van der Waals surface area (Å²) in [6.45, 7) is 1.05. The zero-order valence-electron chi connectivity index (χ0n) is 10.2. The number of carbonyl (C=O) groups is 1. The van der Waals surface area contributed by atoms with Gasteiger partial charge in [0.1, 0.15) is 0 Å². The summed E-state index contributed by atoms with van der Waals surface area (Å²) in [6.07, 6.45) is 1.04. The zero-order chi connectivity index (χ0) is 12.7. The van der Waals surface area contributed by atoms with Gasteiger partial charge in [0, 0.05) is 19.3 Å². The van der Waals surface area contributed by atoms with Crippen LogP contribution in [0.3, 0.4) is 0 Å². The van der Waals surface area contributed by atoms with Gasteiger partial charge in [0.2, 0.25) is 0 Å². The fourth-order valence-electron chi connectivity index (χ4n) is 1.53. The molecule has 5 heteroatoms. The Balaban J connectivity index is 2.34. The lowest BCUT2D eigenvalue weighted by molar-refractivity contribution is -0.143. The molecule has 0 aliphatic rings. The monoisotopic (exact) mass is 238 g/mol. The SMILES string of the molecule is COC(=O)CC(O)CN(C)Cc1ccccn1. The Labute approximate surface area is 101 Å². The van der Waals surface area contributed by atoms with Gasteiger partial charge in [0.05, 0.1) is 25.3 Å². The van der Waals surface area contributed by atoms with Gasteiger partial charge in [-0.1, -0.05) is 6.07 Å². The molecule has 94 valence electrons. The molecule has 1 unspecified atom stereocenters. The second kappa shape index (κ2) is 6.98. The molecule has 1 atom stereocenters. The number of ether oxygens (including phenoxy) is 1. The first kappa shape index (κ1) is 13.6. The topological polar surface area (TPSA) is 62.7 Å². The van der Waals surface area contributed by atoms with Crippen molar-refractivity contribution in [3.05, 3.63) is 30.1 Å². The van der Waals surface area contributed by atoms with E-state index in [0.717, 1.165) is 5.69 Å². The standard InChI is InChI=1S/C12H18N2O3/c1-14(8-10-5-3-4-6-13-10)9-11(15)7-12(16)17-2/h3-6,11,15H,7-9H2,1-2H3. The molecule has 0 bridgehead atoms. The molecule has 1 heterocycles. The Kier molecular flexibility index (Phi) is 5.59. The van der Waals surface area contributed by atoms with Crippen LogP contribution in [0.4, 0.5) is 0 Å². The van der Waals surface area contributed by atoms with Crippen molar-refractivity contribution in [3.63, 3.8) is 0 Å². The predicted molar refractivity (Wildman–Crippen MR) is 63.2 cm³/mol. The largest absolute Gasteiger partial charge is 0.469 e. The van der Waals surface area contributed by atoms with Crippen molar-refractivity contribution in [3.8, 4) is 0 Å². The van der Waals surface area contributed by atoms with Crippen LogP contribution in [0.2, 0.25) is 0 Å². The van der Waals surface area contributed by atoms with E-state index in [1.807, 2.05) is 30.1 Å². The number of likely N-dealkylation sites (N-methyl/N-ethyl adjacent to an activating group) is 1. The summed E-state index contributed by atoms with van der Waals surface area (Å²) in [5.74, 6) is -0.399. The lowest BCUT2D eigenvalue weighted by Crippen LogP contribution is -2.30. The Morgan fingerprint density at radius 1 is 1.59 bits per heavy atom. The zero-order valence-corrected chi connectivity index (χ0v) is 10.2. The van der Waals surface area contributed by atoms with Crippen LogP contribution in [-0.2, 0) is 16.1 Å². The van der Waals surface area contributed by atoms with Crippen molar-refractivity contribution in [1.82, 2.24) is 9.88 Å². The van der Waals surface area contributed by atoms with Crippen LogP contribution >= 0.6 is 0 Å². The number of hydrogen-bond donors (Lipinski definition) is 1. The average molecular weight is 238 g/mol. The van der Waals surface area contributed by atoms with E-state index in [-0.39, 0.29) is 6.42 Å². The van der Waals surface area contributed by atoms with Gasteiger partial charge < -0.3 is 9.84 Å². The summed E-state index contributed by atoms with van der Waals surface area (Å²) < 4.78 is 4.49. The molecule has 17 heavy (non-hydrogen) atoms. The molecule has 0 saturated carbocycles. The van der Waals surface area contributed by atoms with Crippen molar-refractivity contribution in [2.24, 2.45) is 0 Å². The van der Waals surface area contributed by atoms with Gasteiger partial charge in [-0.15, -0.1) is 0 Å². The van der Waals surface area contributed by atoms with Crippen molar-refractivity contribution < 1.29 is 14.6 Å². The minimum Gasteiger partial charge on any atom is -0.469 e. The number of carbonyl (C=O) groups excluding carboxylic acids is 1. The van der Waals surface area contributed by atoms with E-state index >= 15 is 0 Å². The molecule has 1 rings (SSSR count). The van der Waals surface area contributed by atoms with E-state index in [4.69, 9.17) is 0 Å². The molecular formula is C12H18N2O3. The molecule has 0 saturated heterocycles. The van der Waals surface area contributed by atoms with Gasteiger partial charge in [-0.25, -0.2) is 0 Å². The first-order chi connectivity index (χ1) is 8.11. The molecule has 0 aliphatic heterocycles. The van der Waals surface area contributed by atoms with Gasteiger partial charge in [-0.3, -0.25) is 14.7 Å². The molecule has 0 aromatic carbocycles. The highest BCUT2D eigenvalue weighted by Crippen LogP contribution is 2.02. The minimum absolute atomic E-state index is 0.0169. The molecule has 0 radical (unpaired) electrons. The Morgan fingerprint density at radius 2 is 2.35 bits per heavy atom. The molecule has 5 nitrogen and oxygen atoms in total. The van der Waals surface area contributed by atoms with Crippen LogP contribution in [0.15, 0.2) is 24.4 Å². The number of esters is 1. The number of rotatable bonds is 6. The number of methoxy groups -OCH3 is 1. The predicted octanol–water partition coefficient (Wildman–Crippen LogP) is 0.437. The van der Waals surface area contributed by atoms with E-state index in [1.54, 1.807) is 6.20 Å². The van der Waals surface area contributed by atoms with Crippen molar-refractivity contribution in [2.75, 3.05) is 20.7 Å². The summed E-state index contributed by atoms with van der Waals surface area (Å²) >= 11 is 0. The average Bonchev–Trinajstić information content (AvgIpc) is 2.29. The third-order valence-corrected chi connectivity index (χ3v) is 2.31. The quantitative estimate of drug-likeness (QED) is 0.728. The Morgan fingerprint density at radius 3 is 2.94 bits per heavy atom. The molecule has 0 aliphatic carbocycles. The summed E-state index contributed by atoms with van der Waals surface area (Å²) in [5.41, 5.74) is 0.931. The molecule has 0 spiro atoms. The van der Waals surface area contributed by atoms with Crippen molar-refractivity contribution in [2.45, 2.75) is 19.1 Å². The smallest absolute Gasteiger partial charge is 0.308 e. The number of pyridine rings is 1. The highest BCUT2D eigenvalue weighted by molar-refractivity contribution is 5.69. The molecule has 0 amide bonds. The van der Waals surface area contributed by atoms with E-state index < -0.39 is 12.1 Å². The summed E-state index contributed by atoms with van der Waals surface area (Å²) in [6, 6.07) is 5.69. The van der Waals surface area contributed by atoms with Crippen LogP contribution in [-0.4, -0.2) is 47.8 Å². The number of nitrogens with zero attached hydrogens (tertiary/aromatic N) is 2. The number of aliphatic hydroxyl groups excluding tert-OH is 1. The molecule has 0 fully saturated rings. The first-order valence-corrected chi connectivity index (χ1v) is 5.45.